The van der Waals surface area contributed by atoms with E-state index >= 15 is 0 Å². The predicted molar refractivity (Wildman–Crippen MR) is 114 cm³/mol. The number of pyridine rings is 1. The van der Waals surface area contributed by atoms with Crippen molar-refractivity contribution in [2.24, 2.45) is 0 Å². The van der Waals surface area contributed by atoms with Crippen molar-refractivity contribution in [3.63, 3.8) is 0 Å². The van der Waals surface area contributed by atoms with E-state index in [-0.39, 0.29) is 22.4 Å². The van der Waals surface area contributed by atoms with E-state index in [1.165, 1.54) is 28.1 Å². The van der Waals surface area contributed by atoms with Crippen LogP contribution >= 0.6 is 0 Å². The molecule has 1 aromatic carbocycles. The molecule has 0 saturated heterocycles. The van der Waals surface area contributed by atoms with Gasteiger partial charge in [0.2, 0.25) is 0 Å². The number of benzene rings is 1. The normalized spacial score (nSPS) is 15.9. The molecule has 0 atom stereocenters. The molecule has 5 nitrogen and oxygen atoms in total. The molecule has 0 aliphatic heterocycles. The molecule has 0 bridgehead atoms. The topological polar surface area (TPSA) is 63.5 Å². The van der Waals surface area contributed by atoms with Crippen LogP contribution in [0.25, 0.3) is 5.65 Å². The number of aryl methyl sites for hydroxylation is 2. The first-order chi connectivity index (χ1) is 14.0. The van der Waals surface area contributed by atoms with Crippen LogP contribution < -0.4 is 10.9 Å². The Morgan fingerprint density at radius 2 is 1.90 bits per heavy atom. The maximum absolute atomic E-state index is 12.9. The summed E-state index contributed by atoms with van der Waals surface area (Å²) >= 11 is 0. The highest BCUT2D eigenvalue weighted by Crippen LogP contribution is 2.39. The van der Waals surface area contributed by atoms with Gasteiger partial charge in [-0.1, -0.05) is 55.2 Å². The minimum absolute atomic E-state index is 0.0724. The van der Waals surface area contributed by atoms with E-state index in [9.17, 15) is 9.59 Å². The molecule has 3 aromatic rings. The Morgan fingerprint density at radius 3 is 2.66 bits per heavy atom. The van der Waals surface area contributed by atoms with Crippen molar-refractivity contribution >= 4 is 11.6 Å². The summed E-state index contributed by atoms with van der Waals surface area (Å²) in [7, 11) is 0. The number of nitrogens with zero attached hydrogens (tertiary/aromatic N) is 2. The second-order valence-corrected chi connectivity index (χ2v) is 8.30. The Hall–Kier alpha value is -2.95. The molecule has 1 aliphatic rings. The summed E-state index contributed by atoms with van der Waals surface area (Å²) in [6.45, 7) is 4.54. The van der Waals surface area contributed by atoms with Gasteiger partial charge in [-0.2, -0.15) is 0 Å². The summed E-state index contributed by atoms with van der Waals surface area (Å²) < 4.78 is 1.45. The quantitative estimate of drug-likeness (QED) is 0.735. The fraction of sp³-hybridized carbons (Fsp3) is 0.375. The molecule has 29 heavy (non-hydrogen) atoms. The lowest BCUT2D eigenvalue weighted by molar-refractivity contribution is 0.0934. The van der Waals surface area contributed by atoms with Crippen LogP contribution in [0.2, 0.25) is 0 Å². The van der Waals surface area contributed by atoms with Gasteiger partial charge in [0, 0.05) is 24.4 Å². The summed E-state index contributed by atoms with van der Waals surface area (Å²) in [4.78, 5) is 30.0. The maximum atomic E-state index is 12.9. The summed E-state index contributed by atoms with van der Waals surface area (Å²) in [6, 6.07) is 12.3. The van der Waals surface area contributed by atoms with Crippen LogP contribution in [0.1, 0.15) is 59.2 Å². The van der Waals surface area contributed by atoms with Crippen molar-refractivity contribution in [1.82, 2.24) is 14.7 Å². The number of carbonyl (C=O) groups is 1. The first-order valence-corrected chi connectivity index (χ1v) is 10.3. The standard InChI is InChI=1S/C24H27N3O2/c1-17-7-6-8-19(13-17)24(11-4-3-5-12-24)16-26-22(28)20-14-25-21-10-9-18(2)15-27(21)23(20)29/h6-10,13-15H,3-5,11-12,16H2,1-2H3,(H,26,28). The van der Waals surface area contributed by atoms with Crippen LogP contribution in [-0.2, 0) is 5.41 Å². The molecule has 1 amide bonds. The molecule has 150 valence electrons. The van der Waals surface area contributed by atoms with Crippen LogP contribution in [0, 0.1) is 13.8 Å². The number of fused-ring (bicyclic) bond motifs is 1. The van der Waals surface area contributed by atoms with E-state index in [0.717, 1.165) is 31.2 Å². The van der Waals surface area contributed by atoms with E-state index in [2.05, 4.69) is 41.5 Å². The van der Waals surface area contributed by atoms with Crippen molar-refractivity contribution in [1.29, 1.82) is 0 Å². The predicted octanol–water partition coefficient (Wildman–Crippen LogP) is 3.94. The van der Waals surface area contributed by atoms with Crippen molar-refractivity contribution in [2.75, 3.05) is 6.54 Å². The Labute approximate surface area is 170 Å². The van der Waals surface area contributed by atoms with Crippen molar-refractivity contribution in [3.8, 4) is 0 Å². The van der Waals surface area contributed by atoms with E-state index < -0.39 is 0 Å². The highest BCUT2D eigenvalue weighted by molar-refractivity contribution is 5.93. The lowest BCUT2D eigenvalue weighted by Gasteiger charge is -2.38. The van der Waals surface area contributed by atoms with Crippen LogP contribution in [0.5, 0.6) is 0 Å². The second-order valence-electron chi connectivity index (χ2n) is 8.30. The molecule has 0 radical (unpaired) electrons. The Balaban J connectivity index is 1.61. The molecular formula is C24H27N3O2. The highest BCUT2D eigenvalue weighted by atomic mass is 16.2. The molecule has 2 aromatic heterocycles. The van der Waals surface area contributed by atoms with Gasteiger partial charge >= 0.3 is 0 Å². The number of aromatic nitrogens is 2. The van der Waals surface area contributed by atoms with Gasteiger partial charge in [0.15, 0.2) is 0 Å². The van der Waals surface area contributed by atoms with Crippen molar-refractivity contribution < 1.29 is 4.79 Å². The van der Waals surface area contributed by atoms with E-state index in [4.69, 9.17) is 0 Å². The first kappa shape index (κ1) is 19.4. The van der Waals surface area contributed by atoms with Crippen LogP contribution in [0.3, 0.4) is 0 Å². The third-order valence-electron chi connectivity index (χ3n) is 6.12. The molecule has 4 rings (SSSR count). The van der Waals surface area contributed by atoms with Gasteiger partial charge in [-0.3, -0.25) is 14.0 Å². The summed E-state index contributed by atoms with van der Waals surface area (Å²) in [5.41, 5.74) is 3.68. The average molecular weight is 389 g/mol. The van der Waals surface area contributed by atoms with Gasteiger partial charge in [0.1, 0.15) is 11.2 Å². The third kappa shape index (κ3) is 3.82. The minimum Gasteiger partial charge on any atom is -0.351 e. The maximum Gasteiger partial charge on any atom is 0.270 e. The largest absolute Gasteiger partial charge is 0.351 e. The molecule has 1 N–H and O–H groups in total. The second kappa shape index (κ2) is 7.82. The molecule has 0 spiro atoms. The molecule has 1 aliphatic carbocycles. The number of carbonyl (C=O) groups excluding carboxylic acids is 1. The summed E-state index contributed by atoms with van der Waals surface area (Å²) in [5, 5.41) is 3.06. The van der Waals surface area contributed by atoms with Crippen LogP contribution in [0.4, 0.5) is 0 Å². The fourth-order valence-corrected chi connectivity index (χ4v) is 4.45. The third-order valence-corrected chi connectivity index (χ3v) is 6.12. The van der Waals surface area contributed by atoms with Crippen LogP contribution in [-0.4, -0.2) is 21.8 Å². The van der Waals surface area contributed by atoms with E-state index in [1.54, 1.807) is 12.3 Å². The molecule has 1 saturated carbocycles. The van der Waals surface area contributed by atoms with Gasteiger partial charge in [-0.25, -0.2) is 4.98 Å². The molecule has 2 heterocycles. The molecule has 5 heteroatoms. The highest BCUT2D eigenvalue weighted by Gasteiger charge is 2.34. The van der Waals surface area contributed by atoms with Gasteiger partial charge < -0.3 is 5.32 Å². The van der Waals surface area contributed by atoms with Gasteiger partial charge in [0.25, 0.3) is 11.5 Å². The summed E-state index contributed by atoms with van der Waals surface area (Å²) in [6.07, 6.45) is 8.75. The molecule has 1 fully saturated rings. The lowest BCUT2D eigenvalue weighted by Crippen LogP contribution is -2.43. The smallest absolute Gasteiger partial charge is 0.270 e. The zero-order valence-corrected chi connectivity index (χ0v) is 17.1. The number of hydrogen-bond acceptors (Lipinski definition) is 3. The Kier molecular flexibility index (Phi) is 5.22. The Morgan fingerprint density at radius 1 is 1.10 bits per heavy atom. The number of amides is 1. The average Bonchev–Trinajstić information content (AvgIpc) is 2.73. The number of hydrogen-bond donors (Lipinski definition) is 1. The lowest BCUT2D eigenvalue weighted by atomic mass is 9.69. The van der Waals surface area contributed by atoms with Gasteiger partial charge in [-0.15, -0.1) is 0 Å². The first-order valence-electron chi connectivity index (χ1n) is 10.3. The molecular weight excluding hydrogens is 362 g/mol. The Bertz CT molecular complexity index is 1110. The van der Waals surface area contributed by atoms with Gasteiger partial charge in [0.05, 0.1) is 0 Å². The van der Waals surface area contributed by atoms with Crippen molar-refractivity contribution in [2.45, 2.75) is 51.4 Å². The van der Waals surface area contributed by atoms with Crippen molar-refractivity contribution in [3.05, 3.63) is 81.4 Å². The van der Waals surface area contributed by atoms with E-state index in [0.29, 0.717) is 12.2 Å². The summed E-state index contributed by atoms with van der Waals surface area (Å²) in [5.74, 6) is -0.351. The van der Waals surface area contributed by atoms with Gasteiger partial charge in [-0.05, 0) is 43.9 Å². The minimum atomic E-state index is -0.351. The number of nitrogens with one attached hydrogen (secondary N) is 1. The zero-order chi connectivity index (χ0) is 20.4. The SMILES string of the molecule is Cc1cccc(C2(CNC(=O)c3cnc4ccc(C)cn4c3=O)CCCCC2)c1. The van der Waals surface area contributed by atoms with E-state index in [1.807, 2.05) is 13.0 Å². The zero-order valence-electron chi connectivity index (χ0n) is 17.1. The number of rotatable bonds is 4. The molecule has 0 unspecified atom stereocenters. The fourth-order valence-electron chi connectivity index (χ4n) is 4.45. The monoisotopic (exact) mass is 389 g/mol. The van der Waals surface area contributed by atoms with Crippen LogP contribution in [0.15, 0.2) is 53.6 Å².